The molecule has 0 bridgehead atoms. The molecule has 1 unspecified atom stereocenters. The van der Waals surface area contributed by atoms with Gasteiger partial charge in [-0.15, -0.1) is 16.1 Å². The Morgan fingerprint density at radius 2 is 1.97 bits per heavy atom. The second-order valence-electron chi connectivity index (χ2n) is 6.43. The Bertz CT molecular complexity index is 1260. The van der Waals surface area contributed by atoms with Crippen LogP contribution in [0.25, 0.3) is 10.2 Å². The molecule has 0 aliphatic carbocycles. The first kappa shape index (κ1) is 21.8. The Balaban J connectivity index is 1.59. The van der Waals surface area contributed by atoms with E-state index in [1.165, 1.54) is 17.4 Å². The van der Waals surface area contributed by atoms with E-state index < -0.39 is 11.4 Å². The summed E-state index contributed by atoms with van der Waals surface area (Å²) in [6.45, 7) is 3.45. The molecule has 0 spiro atoms. The van der Waals surface area contributed by atoms with E-state index in [1.54, 1.807) is 55.6 Å². The van der Waals surface area contributed by atoms with Crippen LogP contribution in [0.3, 0.4) is 0 Å². The molecule has 2 aromatic heterocycles. The molecule has 0 aliphatic rings. The zero-order valence-electron chi connectivity index (χ0n) is 17.0. The average molecular weight is 466 g/mol. The molecule has 3 N–H and O–H groups in total. The SMILES string of the molecule is C=CC(=O)Nc1cccc(Oc2nc(Nc3ccc([S+]([O-])NC)cc3)nc3ccsc23)c1. The summed E-state index contributed by atoms with van der Waals surface area (Å²) in [5.41, 5.74) is 2.07. The van der Waals surface area contributed by atoms with Crippen molar-refractivity contribution in [1.82, 2.24) is 14.7 Å². The average Bonchev–Trinajstić information content (AvgIpc) is 3.28. The van der Waals surface area contributed by atoms with Crippen LogP contribution in [0.1, 0.15) is 0 Å². The molecule has 2 aromatic carbocycles. The van der Waals surface area contributed by atoms with Crippen LogP contribution in [0.5, 0.6) is 11.6 Å². The van der Waals surface area contributed by atoms with E-state index in [2.05, 4.69) is 31.9 Å². The van der Waals surface area contributed by atoms with Crippen molar-refractivity contribution in [2.24, 2.45) is 0 Å². The van der Waals surface area contributed by atoms with Gasteiger partial charge >= 0.3 is 0 Å². The van der Waals surface area contributed by atoms with E-state index >= 15 is 0 Å². The predicted octanol–water partition coefficient (Wildman–Crippen LogP) is 4.59. The summed E-state index contributed by atoms with van der Waals surface area (Å²) in [6.07, 6.45) is 1.20. The van der Waals surface area contributed by atoms with Gasteiger partial charge in [-0.25, -0.2) is 4.98 Å². The number of anilines is 3. The molecule has 0 fully saturated rings. The number of fused-ring (bicyclic) bond motifs is 1. The third-order valence-corrected chi connectivity index (χ3v) is 6.25. The van der Waals surface area contributed by atoms with Crippen LogP contribution in [0, 0.1) is 0 Å². The van der Waals surface area contributed by atoms with E-state index in [0.717, 1.165) is 15.9 Å². The first-order valence-electron chi connectivity index (χ1n) is 9.48. The van der Waals surface area contributed by atoms with Gasteiger partial charge in [-0.3, -0.25) is 4.79 Å². The van der Waals surface area contributed by atoms with Crippen LogP contribution in [0.4, 0.5) is 17.3 Å². The lowest BCUT2D eigenvalue weighted by molar-refractivity contribution is -0.111. The summed E-state index contributed by atoms with van der Waals surface area (Å²) in [5.74, 6) is 0.975. The lowest BCUT2D eigenvalue weighted by Gasteiger charge is -2.11. The Labute approximate surface area is 191 Å². The molecule has 8 nitrogen and oxygen atoms in total. The van der Waals surface area contributed by atoms with Gasteiger partial charge in [0.25, 0.3) is 0 Å². The summed E-state index contributed by atoms with van der Waals surface area (Å²) in [7, 11) is 1.64. The van der Waals surface area contributed by atoms with Crippen LogP contribution in [-0.4, -0.2) is 27.5 Å². The van der Waals surface area contributed by atoms with E-state index in [1.807, 2.05) is 11.4 Å². The summed E-state index contributed by atoms with van der Waals surface area (Å²) < 4.78 is 21.4. The van der Waals surface area contributed by atoms with Crippen molar-refractivity contribution in [3.05, 3.63) is 72.6 Å². The number of nitrogens with zero attached hydrogens (tertiary/aromatic N) is 2. The minimum absolute atomic E-state index is 0.305. The number of hydrogen-bond acceptors (Lipinski definition) is 8. The zero-order chi connectivity index (χ0) is 22.5. The lowest BCUT2D eigenvalue weighted by atomic mass is 10.3. The van der Waals surface area contributed by atoms with Gasteiger partial charge in [0, 0.05) is 24.5 Å². The first-order chi connectivity index (χ1) is 15.6. The van der Waals surface area contributed by atoms with Gasteiger partial charge in [-0.1, -0.05) is 12.6 Å². The second kappa shape index (κ2) is 9.79. The number of carbonyl (C=O) groups is 1. The predicted molar refractivity (Wildman–Crippen MR) is 128 cm³/mol. The summed E-state index contributed by atoms with van der Waals surface area (Å²) >= 11 is 0.222. The number of carbonyl (C=O) groups excluding carboxylic acids is 1. The lowest BCUT2D eigenvalue weighted by Crippen LogP contribution is -2.18. The van der Waals surface area contributed by atoms with Gasteiger partial charge in [0.05, 0.1) is 16.9 Å². The topological polar surface area (TPSA) is 111 Å². The summed E-state index contributed by atoms with van der Waals surface area (Å²) in [5, 5.41) is 7.78. The molecule has 4 rings (SSSR count). The number of ether oxygens (including phenoxy) is 1. The first-order valence-corrected chi connectivity index (χ1v) is 11.5. The molecule has 1 amide bonds. The second-order valence-corrected chi connectivity index (χ2v) is 8.77. The summed E-state index contributed by atoms with van der Waals surface area (Å²) in [6, 6.07) is 16.0. The number of rotatable bonds is 8. The number of aromatic nitrogens is 2. The largest absolute Gasteiger partial charge is 0.593 e. The Morgan fingerprint density at radius 1 is 1.16 bits per heavy atom. The molecule has 32 heavy (non-hydrogen) atoms. The molecule has 10 heteroatoms. The van der Waals surface area contributed by atoms with Crippen LogP contribution in [0.15, 0.2) is 77.5 Å². The molecule has 162 valence electrons. The number of benzene rings is 2. The van der Waals surface area contributed by atoms with E-state index in [0.29, 0.717) is 28.2 Å². The van der Waals surface area contributed by atoms with Crippen LogP contribution >= 0.6 is 11.3 Å². The fourth-order valence-electron chi connectivity index (χ4n) is 2.81. The van der Waals surface area contributed by atoms with E-state index in [4.69, 9.17) is 4.74 Å². The molecule has 0 aliphatic heterocycles. The highest BCUT2D eigenvalue weighted by atomic mass is 32.2. The standard InChI is InChI=1S/C22H19N5O3S2/c1-3-19(28)24-15-5-4-6-16(13-15)30-21-20-18(11-12-31-20)26-22(27-21)25-14-7-9-17(10-8-14)32(29)23-2/h3-13,23H,1H2,2H3,(H,24,28)(H,25,26,27). The van der Waals surface area contributed by atoms with Crippen molar-refractivity contribution in [3.63, 3.8) is 0 Å². The zero-order valence-corrected chi connectivity index (χ0v) is 18.6. The van der Waals surface area contributed by atoms with Crippen molar-refractivity contribution >= 4 is 56.1 Å². The van der Waals surface area contributed by atoms with Gasteiger partial charge in [-0.05, 0) is 53.9 Å². The molecule has 1 atom stereocenters. The monoisotopic (exact) mass is 465 g/mol. The molecular weight excluding hydrogens is 446 g/mol. The van der Waals surface area contributed by atoms with E-state index in [9.17, 15) is 9.35 Å². The van der Waals surface area contributed by atoms with Crippen LogP contribution in [-0.2, 0) is 16.2 Å². The molecule has 0 saturated heterocycles. The fraction of sp³-hybridized carbons (Fsp3) is 0.0455. The number of nitrogens with one attached hydrogen (secondary N) is 3. The molecular formula is C22H19N5O3S2. The van der Waals surface area contributed by atoms with E-state index in [-0.39, 0.29) is 5.91 Å². The van der Waals surface area contributed by atoms with Gasteiger partial charge in [-0.2, -0.15) is 4.98 Å². The third-order valence-electron chi connectivity index (χ3n) is 4.28. The minimum Gasteiger partial charge on any atom is -0.593 e. The molecule has 0 radical (unpaired) electrons. The van der Waals surface area contributed by atoms with Gasteiger partial charge in [0.2, 0.25) is 17.7 Å². The highest BCUT2D eigenvalue weighted by Gasteiger charge is 2.13. The van der Waals surface area contributed by atoms with Crippen LogP contribution < -0.4 is 20.1 Å². The van der Waals surface area contributed by atoms with Crippen molar-refractivity contribution in [1.29, 1.82) is 0 Å². The minimum atomic E-state index is -1.25. The third kappa shape index (κ3) is 5.06. The molecule has 4 aromatic rings. The fourth-order valence-corrected chi connectivity index (χ4v) is 4.19. The Hall–Kier alpha value is -3.44. The maximum absolute atomic E-state index is 11.8. The normalized spacial score (nSPS) is 11.7. The van der Waals surface area contributed by atoms with Crippen molar-refractivity contribution in [3.8, 4) is 11.6 Å². The Kier molecular flexibility index (Phi) is 6.66. The highest BCUT2D eigenvalue weighted by Crippen LogP contribution is 2.33. The maximum atomic E-state index is 11.8. The van der Waals surface area contributed by atoms with Gasteiger partial charge in [0.1, 0.15) is 10.4 Å². The smallest absolute Gasteiger partial charge is 0.247 e. The summed E-state index contributed by atoms with van der Waals surface area (Å²) in [4.78, 5) is 21.3. The van der Waals surface area contributed by atoms with Crippen molar-refractivity contribution in [2.45, 2.75) is 4.90 Å². The number of thiophene rings is 1. The van der Waals surface area contributed by atoms with Crippen molar-refractivity contribution in [2.75, 3.05) is 17.7 Å². The van der Waals surface area contributed by atoms with Gasteiger partial charge in [0.15, 0.2) is 4.90 Å². The maximum Gasteiger partial charge on any atom is 0.247 e. The molecule has 0 saturated carbocycles. The number of hydrogen-bond donors (Lipinski definition) is 3. The number of amides is 1. The van der Waals surface area contributed by atoms with Gasteiger partial charge < -0.3 is 19.9 Å². The Morgan fingerprint density at radius 3 is 2.72 bits per heavy atom. The highest BCUT2D eigenvalue weighted by molar-refractivity contribution is 7.89. The van der Waals surface area contributed by atoms with Crippen molar-refractivity contribution < 1.29 is 14.1 Å². The van der Waals surface area contributed by atoms with Crippen LogP contribution in [0.2, 0.25) is 0 Å². The molecule has 2 heterocycles. The quantitative estimate of drug-likeness (QED) is 0.258.